The minimum absolute atomic E-state index is 0.0413. The van der Waals surface area contributed by atoms with Gasteiger partial charge in [0.2, 0.25) is 17.7 Å². The molecule has 0 radical (unpaired) electrons. The standard InChI is InChI=1S/C29H46N4O4/c1-19(2)24(17-21(5)27(35)30-18-25(34)22-13-9-8-10-14-22)33(7)29(37)26(20(3)4)31-28(36)23-15-11-12-16-32(23)6/h8-10,13-14,17,19-20,23-26,34H,11-12,15-16,18H2,1-7H3,(H,30,35)(H,31,36)/b21-17+/t23?,24-,25-,26+/m1/s1. The van der Waals surface area contributed by atoms with E-state index in [1.807, 2.05) is 65.1 Å². The molecule has 37 heavy (non-hydrogen) atoms. The number of amides is 3. The fraction of sp³-hybridized carbons (Fsp3) is 0.621. The maximum atomic E-state index is 13.6. The highest BCUT2D eigenvalue weighted by molar-refractivity contribution is 5.93. The van der Waals surface area contributed by atoms with Crippen molar-refractivity contribution in [1.29, 1.82) is 0 Å². The van der Waals surface area contributed by atoms with E-state index in [9.17, 15) is 19.5 Å². The van der Waals surface area contributed by atoms with Crippen LogP contribution in [-0.2, 0) is 14.4 Å². The minimum atomic E-state index is -0.804. The molecule has 8 heteroatoms. The van der Waals surface area contributed by atoms with E-state index in [0.29, 0.717) is 5.57 Å². The van der Waals surface area contributed by atoms with Crippen molar-refractivity contribution in [2.45, 2.75) is 78.1 Å². The van der Waals surface area contributed by atoms with Crippen molar-refractivity contribution in [1.82, 2.24) is 20.4 Å². The lowest BCUT2D eigenvalue weighted by molar-refractivity contribution is -0.139. The van der Waals surface area contributed by atoms with Crippen LogP contribution in [0.15, 0.2) is 42.0 Å². The minimum Gasteiger partial charge on any atom is -0.387 e. The fourth-order valence-electron chi connectivity index (χ4n) is 4.74. The number of likely N-dealkylation sites (tertiary alicyclic amines) is 1. The summed E-state index contributed by atoms with van der Waals surface area (Å²) in [5, 5.41) is 16.1. The summed E-state index contributed by atoms with van der Waals surface area (Å²) < 4.78 is 0. The number of likely N-dealkylation sites (N-methyl/N-ethyl adjacent to an activating group) is 2. The van der Waals surface area contributed by atoms with E-state index in [2.05, 4.69) is 15.5 Å². The number of nitrogens with one attached hydrogen (secondary N) is 2. The van der Waals surface area contributed by atoms with Gasteiger partial charge in [0.1, 0.15) is 6.04 Å². The molecule has 0 saturated carbocycles. The zero-order chi connectivity index (χ0) is 27.7. The third-order valence-electron chi connectivity index (χ3n) is 7.20. The third-order valence-corrected chi connectivity index (χ3v) is 7.20. The van der Waals surface area contributed by atoms with Crippen molar-refractivity contribution < 1.29 is 19.5 Å². The molecule has 1 aliphatic rings. The van der Waals surface area contributed by atoms with Crippen LogP contribution in [0.2, 0.25) is 0 Å². The molecule has 1 aliphatic heterocycles. The van der Waals surface area contributed by atoms with Gasteiger partial charge in [0, 0.05) is 19.2 Å². The maximum Gasteiger partial charge on any atom is 0.246 e. The molecule has 1 aromatic rings. The van der Waals surface area contributed by atoms with E-state index in [4.69, 9.17) is 0 Å². The Kier molecular flexibility index (Phi) is 11.8. The van der Waals surface area contributed by atoms with Gasteiger partial charge in [0.25, 0.3) is 0 Å². The number of nitrogens with zero attached hydrogens (tertiary/aromatic N) is 2. The van der Waals surface area contributed by atoms with Crippen molar-refractivity contribution >= 4 is 17.7 Å². The first kappa shape index (κ1) is 30.5. The van der Waals surface area contributed by atoms with Crippen LogP contribution in [0.4, 0.5) is 0 Å². The summed E-state index contributed by atoms with van der Waals surface area (Å²) in [6, 6.07) is 7.96. The Bertz CT molecular complexity index is 931. The maximum absolute atomic E-state index is 13.6. The molecule has 0 spiro atoms. The summed E-state index contributed by atoms with van der Waals surface area (Å²) in [6.45, 7) is 10.5. The second-order valence-corrected chi connectivity index (χ2v) is 10.9. The van der Waals surface area contributed by atoms with Crippen LogP contribution in [0.1, 0.15) is 65.5 Å². The van der Waals surface area contributed by atoms with Crippen LogP contribution in [0.5, 0.6) is 0 Å². The van der Waals surface area contributed by atoms with Crippen LogP contribution in [-0.4, -0.2) is 77.9 Å². The van der Waals surface area contributed by atoms with Crippen LogP contribution in [0.25, 0.3) is 0 Å². The summed E-state index contributed by atoms with van der Waals surface area (Å²) in [4.78, 5) is 43.1. The molecular formula is C29H46N4O4. The first-order valence-electron chi connectivity index (χ1n) is 13.4. The predicted molar refractivity (Wildman–Crippen MR) is 147 cm³/mol. The summed E-state index contributed by atoms with van der Waals surface area (Å²) in [6.07, 6.45) is 3.87. The number of rotatable bonds is 11. The number of hydrogen-bond acceptors (Lipinski definition) is 5. The Balaban J connectivity index is 2.08. The molecule has 8 nitrogen and oxygen atoms in total. The topological polar surface area (TPSA) is 102 Å². The van der Waals surface area contributed by atoms with Crippen molar-refractivity contribution in [3.63, 3.8) is 0 Å². The largest absolute Gasteiger partial charge is 0.387 e. The third kappa shape index (κ3) is 8.68. The Hall–Kier alpha value is -2.71. The normalized spacial score (nSPS) is 19.3. The van der Waals surface area contributed by atoms with Gasteiger partial charge in [-0.3, -0.25) is 19.3 Å². The Morgan fingerprint density at radius 1 is 1.11 bits per heavy atom. The van der Waals surface area contributed by atoms with E-state index in [0.717, 1.165) is 31.4 Å². The average molecular weight is 515 g/mol. The molecule has 0 aromatic heterocycles. The van der Waals surface area contributed by atoms with Gasteiger partial charge in [-0.1, -0.05) is 70.5 Å². The molecule has 4 atom stereocenters. The molecule has 1 unspecified atom stereocenters. The van der Waals surface area contributed by atoms with Crippen LogP contribution in [0, 0.1) is 11.8 Å². The van der Waals surface area contributed by atoms with Crippen LogP contribution < -0.4 is 10.6 Å². The lowest BCUT2D eigenvalue weighted by atomic mass is 9.96. The number of piperidine rings is 1. The van der Waals surface area contributed by atoms with Crippen molar-refractivity contribution in [2.75, 3.05) is 27.2 Å². The number of carbonyl (C=O) groups is 3. The van der Waals surface area contributed by atoms with E-state index >= 15 is 0 Å². The number of aliphatic hydroxyl groups is 1. The zero-order valence-electron chi connectivity index (χ0n) is 23.5. The molecule has 1 saturated heterocycles. The molecule has 2 rings (SSSR count). The Morgan fingerprint density at radius 3 is 2.32 bits per heavy atom. The molecular weight excluding hydrogens is 468 g/mol. The summed E-state index contributed by atoms with van der Waals surface area (Å²) >= 11 is 0. The van der Waals surface area contributed by atoms with Crippen LogP contribution >= 0.6 is 0 Å². The van der Waals surface area contributed by atoms with Gasteiger partial charge in [0.15, 0.2) is 0 Å². The number of aliphatic hydroxyl groups excluding tert-OH is 1. The highest BCUT2D eigenvalue weighted by Crippen LogP contribution is 2.19. The first-order valence-corrected chi connectivity index (χ1v) is 13.4. The van der Waals surface area contributed by atoms with Gasteiger partial charge in [-0.25, -0.2) is 0 Å². The average Bonchev–Trinajstić information content (AvgIpc) is 2.88. The van der Waals surface area contributed by atoms with Gasteiger partial charge >= 0.3 is 0 Å². The van der Waals surface area contributed by atoms with Crippen LogP contribution in [0.3, 0.4) is 0 Å². The quantitative estimate of drug-likeness (QED) is 0.394. The van der Waals surface area contributed by atoms with Gasteiger partial charge in [-0.2, -0.15) is 0 Å². The van der Waals surface area contributed by atoms with Gasteiger partial charge in [-0.05, 0) is 50.8 Å². The molecule has 3 amide bonds. The van der Waals surface area contributed by atoms with Crippen molar-refractivity contribution in [3.05, 3.63) is 47.5 Å². The van der Waals surface area contributed by atoms with E-state index in [1.165, 1.54) is 0 Å². The first-order chi connectivity index (χ1) is 17.4. The summed E-state index contributed by atoms with van der Waals surface area (Å²) in [5.41, 5.74) is 1.20. The van der Waals surface area contributed by atoms with Gasteiger partial charge in [0.05, 0.1) is 18.2 Å². The smallest absolute Gasteiger partial charge is 0.246 e. The molecule has 0 bridgehead atoms. The Morgan fingerprint density at radius 2 is 1.76 bits per heavy atom. The lowest BCUT2D eigenvalue weighted by Crippen LogP contribution is -2.57. The van der Waals surface area contributed by atoms with Crippen molar-refractivity contribution in [3.8, 4) is 0 Å². The molecule has 206 valence electrons. The van der Waals surface area contributed by atoms with Gasteiger partial charge in [-0.15, -0.1) is 0 Å². The van der Waals surface area contributed by atoms with Crippen molar-refractivity contribution in [2.24, 2.45) is 11.8 Å². The number of hydrogen-bond donors (Lipinski definition) is 3. The van der Waals surface area contributed by atoms with Gasteiger partial charge < -0.3 is 20.6 Å². The van der Waals surface area contributed by atoms with E-state index < -0.39 is 12.1 Å². The highest BCUT2D eigenvalue weighted by Gasteiger charge is 2.34. The molecule has 0 aliphatic carbocycles. The Labute approximate surface area is 222 Å². The summed E-state index contributed by atoms with van der Waals surface area (Å²) in [5.74, 6) is -0.625. The predicted octanol–water partition coefficient (Wildman–Crippen LogP) is 2.89. The molecule has 1 aromatic carbocycles. The zero-order valence-corrected chi connectivity index (χ0v) is 23.5. The fourth-order valence-corrected chi connectivity index (χ4v) is 4.74. The SMILES string of the molecule is C/C(=C\[C@H](C(C)C)N(C)C(=O)[C@@H](NC(=O)C1CCCCN1C)C(C)C)C(=O)NC[C@@H](O)c1ccccc1. The number of carbonyl (C=O) groups excluding carboxylic acids is 3. The second kappa shape index (κ2) is 14.3. The van der Waals surface area contributed by atoms with E-state index in [-0.39, 0.29) is 48.2 Å². The highest BCUT2D eigenvalue weighted by atomic mass is 16.3. The molecule has 3 N–H and O–H groups in total. The van der Waals surface area contributed by atoms with E-state index in [1.54, 1.807) is 24.9 Å². The number of benzene rings is 1. The summed E-state index contributed by atoms with van der Waals surface area (Å²) in [7, 11) is 3.68. The second-order valence-electron chi connectivity index (χ2n) is 10.9. The lowest BCUT2D eigenvalue weighted by Gasteiger charge is -2.36. The molecule has 1 heterocycles. The monoisotopic (exact) mass is 514 g/mol. The molecule has 1 fully saturated rings.